The molecule has 2 aromatic carbocycles. The van der Waals surface area contributed by atoms with Gasteiger partial charge in [0.05, 0.1) is 18.8 Å². The first-order valence-corrected chi connectivity index (χ1v) is 12.1. The molecule has 4 heterocycles. The minimum Gasteiger partial charge on any atom is -0.496 e. The average molecular weight is 485 g/mol. The van der Waals surface area contributed by atoms with Crippen LogP contribution in [0.1, 0.15) is 15.9 Å². The molecule has 0 unspecified atom stereocenters. The van der Waals surface area contributed by atoms with E-state index in [0.717, 1.165) is 63.4 Å². The number of methoxy groups -OCH3 is 1. The number of aliphatic hydroxyl groups is 1. The van der Waals surface area contributed by atoms with Crippen LogP contribution in [0.15, 0.2) is 54.9 Å². The number of amides is 1. The van der Waals surface area contributed by atoms with E-state index < -0.39 is 6.10 Å². The number of aromatic nitrogens is 2. The number of aliphatic hydroxyl groups excluding tert-OH is 1. The lowest BCUT2D eigenvalue weighted by molar-refractivity contribution is 0.00590. The lowest BCUT2D eigenvalue weighted by Crippen LogP contribution is -2.53. The van der Waals surface area contributed by atoms with Gasteiger partial charge in [-0.25, -0.2) is 4.98 Å². The number of hydrogen-bond donors (Lipinski definition) is 2. The van der Waals surface area contributed by atoms with Crippen LogP contribution in [0, 0.1) is 0 Å². The fourth-order valence-electron chi connectivity index (χ4n) is 4.91. The van der Waals surface area contributed by atoms with Gasteiger partial charge in [0.15, 0.2) is 0 Å². The van der Waals surface area contributed by atoms with Crippen LogP contribution in [0.3, 0.4) is 0 Å². The first kappa shape index (κ1) is 22.6. The van der Waals surface area contributed by atoms with Gasteiger partial charge >= 0.3 is 0 Å². The molecule has 1 fully saturated rings. The van der Waals surface area contributed by atoms with Crippen LogP contribution in [0.5, 0.6) is 11.5 Å². The number of nitrogens with one attached hydrogen (secondary N) is 1. The van der Waals surface area contributed by atoms with E-state index in [-0.39, 0.29) is 5.91 Å². The predicted molar refractivity (Wildman–Crippen MR) is 137 cm³/mol. The molecule has 4 aromatic rings. The maximum Gasteiger partial charge on any atom is 0.254 e. The highest BCUT2D eigenvalue weighted by atomic mass is 16.5. The second-order valence-corrected chi connectivity index (χ2v) is 9.51. The van der Waals surface area contributed by atoms with Gasteiger partial charge in [0.25, 0.3) is 5.91 Å². The van der Waals surface area contributed by atoms with Crippen LogP contribution < -0.4 is 9.47 Å². The molecule has 8 nitrogen and oxygen atoms in total. The van der Waals surface area contributed by atoms with E-state index in [2.05, 4.69) is 34.0 Å². The molecule has 8 heteroatoms. The van der Waals surface area contributed by atoms with E-state index in [1.807, 2.05) is 42.7 Å². The Morgan fingerprint density at radius 3 is 2.69 bits per heavy atom. The van der Waals surface area contributed by atoms with Crippen LogP contribution in [-0.4, -0.2) is 77.3 Å². The van der Waals surface area contributed by atoms with Gasteiger partial charge in [0.1, 0.15) is 23.8 Å². The number of β-amino-alcohol motifs (C(OH)–C–C–N with tert-alkyl or cyclic N) is 1. The van der Waals surface area contributed by atoms with E-state index >= 15 is 0 Å². The van der Waals surface area contributed by atoms with Crippen LogP contribution in [-0.2, 0) is 6.54 Å². The van der Waals surface area contributed by atoms with Crippen molar-refractivity contribution in [1.82, 2.24) is 19.8 Å². The zero-order chi connectivity index (χ0) is 24.8. The third kappa shape index (κ3) is 3.98. The van der Waals surface area contributed by atoms with Crippen molar-refractivity contribution in [2.75, 3.05) is 40.4 Å². The molecule has 0 saturated carbocycles. The number of benzene rings is 2. The molecule has 0 spiro atoms. The summed E-state index contributed by atoms with van der Waals surface area (Å²) in [5.74, 6) is 1.60. The monoisotopic (exact) mass is 484 g/mol. The normalized spacial score (nSPS) is 16.2. The van der Waals surface area contributed by atoms with Gasteiger partial charge in [-0.05, 0) is 48.5 Å². The number of nitrogens with zero attached hydrogens (tertiary/aromatic N) is 3. The Kier molecular flexibility index (Phi) is 5.62. The summed E-state index contributed by atoms with van der Waals surface area (Å²) < 4.78 is 11.8. The summed E-state index contributed by atoms with van der Waals surface area (Å²) in [6.45, 7) is 3.05. The molecule has 0 radical (unpaired) electrons. The van der Waals surface area contributed by atoms with Crippen molar-refractivity contribution in [3.8, 4) is 33.8 Å². The van der Waals surface area contributed by atoms with Gasteiger partial charge in [-0.1, -0.05) is 12.1 Å². The number of likely N-dealkylation sites (tertiary alicyclic amines) is 1. The molecular formula is C28H28N4O4. The maximum atomic E-state index is 12.6. The highest BCUT2D eigenvalue weighted by Crippen LogP contribution is 2.38. The SMILES string of the molecule is COc1cc(-c2cnc3[nH]cc(-c4ccc(C(=O)N5CC(O)C5)cc4)c3c2)cc2c1CN(C)CCO2. The molecule has 6 rings (SSSR count). The molecule has 0 aliphatic carbocycles. The van der Waals surface area contributed by atoms with Crippen molar-refractivity contribution in [1.29, 1.82) is 0 Å². The number of pyridine rings is 1. The molecule has 36 heavy (non-hydrogen) atoms. The second-order valence-electron chi connectivity index (χ2n) is 9.51. The number of hydrogen-bond acceptors (Lipinski definition) is 6. The van der Waals surface area contributed by atoms with Crippen LogP contribution in [0.4, 0.5) is 0 Å². The van der Waals surface area contributed by atoms with Crippen LogP contribution >= 0.6 is 0 Å². The van der Waals surface area contributed by atoms with Crippen molar-refractivity contribution in [3.63, 3.8) is 0 Å². The number of carbonyl (C=O) groups excluding carboxylic acids is 1. The van der Waals surface area contributed by atoms with Crippen molar-refractivity contribution in [2.24, 2.45) is 0 Å². The maximum absolute atomic E-state index is 12.6. The first-order valence-electron chi connectivity index (χ1n) is 12.1. The van der Waals surface area contributed by atoms with E-state index in [4.69, 9.17) is 9.47 Å². The molecule has 0 bridgehead atoms. The summed E-state index contributed by atoms with van der Waals surface area (Å²) in [6, 6.07) is 13.8. The van der Waals surface area contributed by atoms with E-state index in [1.165, 1.54) is 0 Å². The number of fused-ring (bicyclic) bond motifs is 2. The minimum absolute atomic E-state index is 0.0553. The largest absolute Gasteiger partial charge is 0.496 e. The Labute approximate surface area is 209 Å². The molecule has 1 saturated heterocycles. The summed E-state index contributed by atoms with van der Waals surface area (Å²) >= 11 is 0. The quantitative estimate of drug-likeness (QED) is 0.461. The Hall–Kier alpha value is -3.88. The molecule has 2 aromatic heterocycles. The van der Waals surface area contributed by atoms with E-state index in [9.17, 15) is 9.90 Å². The van der Waals surface area contributed by atoms with E-state index in [1.54, 1.807) is 12.0 Å². The molecule has 2 aliphatic rings. The fourth-order valence-corrected chi connectivity index (χ4v) is 4.91. The third-order valence-corrected chi connectivity index (χ3v) is 7.00. The highest BCUT2D eigenvalue weighted by molar-refractivity contribution is 5.98. The lowest BCUT2D eigenvalue weighted by atomic mass is 9.99. The summed E-state index contributed by atoms with van der Waals surface area (Å²) in [5, 5.41) is 10.5. The fraction of sp³-hybridized carbons (Fsp3) is 0.286. The topological polar surface area (TPSA) is 90.9 Å². The zero-order valence-electron chi connectivity index (χ0n) is 20.3. The third-order valence-electron chi connectivity index (χ3n) is 7.00. The molecular weight excluding hydrogens is 456 g/mol. The van der Waals surface area contributed by atoms with Crippen LogP contribution in [0.25, 0.3) is 33.3 Å². The van der Waals surface area contributed by atoms with Gasteiger partial charge in [-0.3, -0.25) is 9.69 Å². The van der Waals surface area contributed by atoms with Gasteiger partial charge < -0.3 is 24.5 Å². The zero-order valence-corrected chi connectivity index (χ0v) is 20.3. The second kappa shape index (κ2) is 8.96. The summed E-state index contributed by atoms with van der Waals surface area (Å²) in [7, 11) is 3.77. The summed E-state index contributed by atoms with van der Waals surface area (Å²) in [5.41, 5.74) is 6.42. The number of carbonyl (C=O) groups is 1. The smallest absolute Gasteiger partial charge is 0.254 e. The number of likely N-dealkylation sites (N-methyl/N-ethyl adjacent to an activating group) is 1. The Balaban J connectivity index is 1.34. The molecule has 2 N–H and O–H groups in total. The summed E-state index contributed by atoms with van der Waals surface area (Å²) in [4.78, 5) is 24.4. The molecule has 1 amide bonds. The average Bonchev–Trinajstić information content (AvgIpc) is 3.20. The van der Waals surface area contributed by atoms with Crippen molar-refractivity contribution in [2.45, 2.75) is 12.6 Å². The van der Waals surface area contributed by atoms with Gasteiger partial charge in [-0.2, -0.15) is 0 Å². The van der Waals surface area contributed by atoms with Crippen molar-refractivity contribution < 1.29 is 19.4 Å². The van der Waals surface area contributed by atoms with Crippen molar-refractivity contribution >= 4 is 16.9 Å². The molecule has 184 valence electrons. The first-order chi connectivity index (χ1) is 17.5. The predicted octanol–water partition coefficient (Wildman–Crippen LogP) is 3.55. The lowest BCUT2D eigenvalue weighted by Gasteiger charge is -2.35. The van der Waals surface area contributed by atoms with Gasteiger partial charge in [0.2, 0.25) is 0 Å². The number of aromatic amines is 1. The number of rotatable bonds is 4. The van der Waals surface area contributed by atoms with Gasteiger partial charge in [0, 0.05) is 60.6 Å². The number of H-pyrrole nitrogens is 1. The molecule has 0 atom stereocenters. The van der Waals surface area contributed by atoms with Crippen molar-refractivity contribution in [3.05, 3.63) is 66.0 Å². The summed E-state index contributed by atoms with van der Waals surface area (Å²) in [6.07, 6.45) is 3.39. The van der Waals surface area contributed by atoms with Crippen LogP contribution in [0.2, 0.25) is 0 Å². The highest BCUT2D eigenvalue weighted by Gasteiger charge is 2.29. The Bertz CT molecular complexity index is 1440. The Morgan fingerprint density at radius 2 is 1.94 bits per heavy atom. The van der Waals surface area contributed by atoms with E-state index in [0.29, 0.717) is 25.3 Å². The number of ether oxygens (including phenoxy) is 2. The molecule has 2 aliphatic heterocycles. The van der Waals surface area contributed by atoms with Gasteiger partial charge in [-0.15, -0.1) is 0 Å². The Morgan fingerprint density at radius 1 is 1.14 bits per heavy atom. The minimum atomic E-state index is -0.409. The standard InChI is InChI=1S/C28H28N4O4/c1-31-7-8-36-26-11-19(10-25(35-2)24(26)16-31)20-9-22-23(13-30-27(22)29-12-20)17-3-5-18(6-4-17)28(34)32-14-21(33)15-32/h3-6,9-13,21,33H,7-8,14-16H2,1-2H3,(H,29,30).